The van der Waals surface area contributed by atoms with E-state index in [9.17, 15) is 0 Å². The summed E-state index contributed by atoms with van der Waals surface area (Å²) in [5.74, 6) is 1.54. The number of hydrogen-bond acceptors (Lipinski definition) is 5. The number of rotatable bonds is 2. The summed E-state index contributed by atoms with van der Waals surface area (Å²) >= 11 is 0. The van der Waals surface area contributed by atoms with Gasteiger partial charge in [-0.25, -0.2) is 9.97 Å². The van der Waals surface area contributed by atoms with Gasteiger partial charge in [0.2, 0.25) is 11.8 Å². The molecule has 0 aromatic carbocycles. The van der Waals surface area contributed by atoms with Crippen molar-refractivity contribution in [3.05, 3.63) is 36.7 Å². The molecule has 0 aliphatic carbocycles. The molecule has 0 bridgehead atoms. The Kier molecular flexibility index (Phi) is 2.33. The first-order chi connectivity index (χ1) is 8.78. The Morgan fingerprint density at radius 1 is 1.17 bits per heavy atom. The zero-order chi connectivity index (χ0) is 12.5. The second kappa shape index (κ2) is 3.99. The number of anilines is 1. The van der Waals surface area contributed by atoms with E-state index in [0.29, 0.717) is 11.7 Å². The second-order valence-corrected chi connectivity index (χ2v) is 3.72. The molecule has 0 spiro atoms. The largest absolute Gasteiger partial charge is 0.481 e. The lowest BCUT2D eigenvalue weighted by molar-refractivity contribution is 0.399. The Labute approximate surface area is 103 Å². The lowest BCUT2D eigenvalue weighted by Crippen LogP contribution is -2.01. The summed E-state index contributed by atoms with van der Waals surface area (Å²) < 4.78 is 6.99. The summed E-state index contributed by atoms with van der Waals surface area (Å²) in [6.07, 6.45) is 3.51. The van der Waals surface area contributed by atoms with Gasteiger partial charge in [0.25, 0.3) is 0 Å². The fraction of sp³-hybridized carbons (Fsp3) is 0.0833. The first kappa shape index (κ1) is 10.5. The fourth-order valence-electron chi connectivity index (χ4n) is 1.81. The first-order valence-corrected chi connectivity index (χ1v) is 5.39. The average molecular weight is 241 g/mol. The van der Waals surface area contributed by atoms with Crippen LogP contribution in [-0.2, 0) is 0 Å². The molecule has 0 radical (unpaired) electrons. The molecule has 0 unspecified atom stereocenters. The highest BCUT2D eigenvalue weighted by Crippen LogP contribution is 2.20. The van der Waals surface area contributed by atoms with E-state index in [1.807, 2.05) is 29.0 Å². The van der Waals surface area contributed by atoms with Crippen LogP contribution in [0.4, 0.5) is 5.95 Å². The Bertz CT molecular complexity index is 707. The molecule has 0 atom stereocenters. The summed E-state index contributed by atoms with van der Waals surface area (Å²) in [5.41, 5.74) is 7.36. The van der Waals surface area contributed by atoms with Gasteiger partial charge < -0.3 is 10.5 Å². The standard InChI is InChI=1S/C12H11N5O/c1-18-11-3-2-9-8(15-11)5-7-17(9)10-4-6-14-12(13)16-10/h2-7H,1H3,(H2,13,14,16). The Morgan fingerprint density at radius 3 is 2.83 bits per heavy atom. The van der Waals surface area contributed by atoms with Gasteiger partial charge in [-0.1, -0.05) is 0 Å². The summed E-state index contributed by atoms with van der Waals surface area (Å²) in [5, 5.41) is 0. The Morgan fingerprint density at radius 2 is 2.06 bits per heavy atom. The normalized spacial score (nSPS) is 10.7. The van der Waals surface area contributed by atoms with E-state index < -0.39 is 0 Å². The van der Waals surface area contributed by atoms with Crippen LogP contribution in [0.25, 0.3) is 16.9 Å². The summed E-state index contributed by atoms with van der Waals surface area (Å²) in [6.45, 7) is 0. The molecule has 6 nitrogen and oxygen atoms in total. The van der Waals surface area contributed by atoms with Crippen LogP contribution in [0.1, 0.15) is 0 Å². The molecule has 0 saturated heterocycles. The maximum atomic E-state index is 5.58. The van der Waals surface area contributed by atoms with E-state index in [1.54, 1.807) is 19.4 Å². The number of fused-ring (bicyclic) bond motifs is 1. The topological polar surface area (TPSA) is 78.9 Å². The molecule has 6 heteroatoms. The zero-order valence-electron chi connectivity index (χ0n) is 9.74. The third-order valence-electron chi connectivity index (χ3n) is 2.63. The van der Waals surface area contributed by atoms with E-state index in [4.69, 9.17) is 10.5 Å². The number of nitrogen functional groups attached to an aromatic ring is 1. The molecule has 0 fully saturated rings. The minimum atomic E-state index is 0.246. The highest BCUT2D eigenvalue weighted by Gasteiger charge is 2.06. The molecule has 0 aliphatic rings. The van der Waals surface area contributed by atoms with Crippen LogP contribution in [-0.4, -0.2) is 26.6 Å². The number of ether oxygens (including phenoxy) is 1. The Hall–Kier alpha value is -2.63. The first-order valence-electron chi connectivity index (χ1n) is 5.39. The van der Waals surface area contributed by atoms with Crippen LogP contribution >= 0.6 is 0 Å². The SMILES string of the molecule is COc1ccc2c(ccn2-c2ccnc(N)n2)n1. The minimum Gasteiger partial charge on any atom is -0.481 e. The van der Waals surface area contributed by atoms with Gasteiger partial charge in [-0.15, -0.1) is 0 Å². The number of nitrogens with two attached hydrogens (primary N) is 1. The molecule has 0 aliphatic heterocycles. The molecular formula is C12H11N5O. The third-order valence-corrected chi connectivity index (χ3v) is 2.63. The lowest BCUT2D eigenvalue weighted by atomic mass is 10.4. The fourth-order valence-corrected chi connectivity index (χ4v) is 1.81. The van der Waals surface area contributed by atoms with Crippen LogP contribution in [0.3, 0.4) is 0 Å². The average Bonchev–Trinajstić information content (AvgIpc) is 2.81. The molecule has 0 saturated carbocycles. The van der Waals surface area contributed by atoms with Crippen molar-refractivity contribution >= 4 is 17.0 Å². The van der Waals surface area contributed by atoms with Crippen molar-refractivity contribution in [2.45, 2.75) is 0 Å². The Balaban J connectivity index is 2.18. The number of nitrogens with zero attached hydrogens (tertiary/aromatic N) is 4. The van der Waals surface area contributed by atoms with Gasteiger partial charge in [0.15, 0.2) is 0 Å². The summed E-state index contributed by atoms with van der Waals surface area (Å²) in [4.78, 5) is 12.4. The number of pyridine rings is 1. The van der Waals surface area contributed by atoms with Crippen LogP contribution in [0.5, 0.6) is 5.88 Å². The van der Waals surface area contributed by atoms with E-state index in [2.05, 4.69) is 15.0 Å². The number of hydrogen-bond donors (Lipinski definition) is 1. The molecule has 3 heterocycles. The van der Waals surface area contributed by atoms with Gasteiger partial charge in [0, 0.05) is 18.5 Å². The quantitative estimate of drug-likeness (QED) is 0.733. The van der Waals surface area contributed by atoms with Crippen molar-refractivity contribution in [2.24, 2.45) is 0 Å². The molecule has 18 heavy (non-hydrogen) atoms. The predicted octanol–water partition coefficient (Wildman–Crippen LogP) is 1.41. The summed E-state index contributed by atoms with van der Waals surface area (Å²) in [7, 11) is 1.59. The maximum Gasteiger partial charge on any atom is 0.221 e. The minimum absolute atomic E-state index is 0.246. The van der Waals surface area contributed by atoms with Crippen LogP contribution < -0.4 is 10.5 Å². The van der Waals surface area contributed by atoms with Gasteiger partial charge in [0.1, 0.15) is 5.82 Å². The molecule has 90 valence electrons. The highest BCUT2D eigenvalue weighted by molar-refractivity contribution is 5.78. The van der Waals surface area contributed by atoms with Gasteiger partial charge in [-0.3, -0.25) is 4.57 Å². The van der Waals surface area contributed by atoms with Gasteiger partial charge in [0.05, 0.1) is 18.1 Å². The maximum absolute atomic E-state index is 5.58. The smallest absolute Gasteiger partial charge is 0.221 e. The van der Waals surface area contributed by atoms with Crippen molar-refractivity contribution in [1.82, 2.24) is 19.5 Å². The number of methoxy groups -OCH3 is 1. The van der Waals surface area contributed by atoms with Crippen LogP contribution in [0, 0.1) is 0 Å². The van der Waals surface area contributed by atoms with Crippen molar-refractivity contribution in [1.29, 1.82) is 0 Å². The predicted molar refractivity (Wildman–Crippen MR) is 67.6 cm³/mol. The third kappa shape index (κ3) is 1.64. The van der Waals surface area contributed by atoms with E-state index in [1.165, 1.54) is 0 Å². The second-order valence-electron chi connectivity index (χ2n) is 3.72. The lowest BCUT2D eigenvalue weighted by Gasteiger charge is -2.04. The van der Waals surface area contributed by atoms with Gasteiger partial charge in [-0.2, -0.15) is 4.98 Å². The van der Waals surface area contributed by atoms with Crippen molar-refractivity contribution in [3.8, 4) is 11.7 Å². The summed E-state index contributed by atoms with van der Waals surface area (Å²) in [6, 6.07) is 7.43. The van der Waals surface area contributed by atoms with Crippen molar-refractivity contribution in [2.75, 3.05) is 12.8 Å². The molecule has 3 rings (SSSR count). The van der Waals surface area contributed by atoms with E-state index >= 15 is 0 Å². The highest BCUT2D eigenvalue weighted by atomic mass is 16.5. The van der Waals surface area contributed by atoms with Gasteiger partial charge >= 0.3 is 0 Å². The molecule has 3 aromatic rings. The van der Waals surface area contributed by atoms with E-state index in [-0.39, 0.29) is 5.95 Å². The monoisotopic (exact) mass is 241 g/mol. The van der Waals surface area contributed by atoms with Crippen LogP contribution in [0.15, 0.2) is 36.7 Å². The van der Waals surface area contributed by atoms with Crippen molar-refractivity contribution < 1.29 is 4.74 Å². The van der Waals surface area contributed by atoms with Crippen LogP contribution in [0.2, 0.25) is 0 Å². The zero-order valence-corrected chi connectivity index (χ0v) is 9.74. The number of aromatic nitrogens is 4. The molecule has 0 amide bonds. The van der Waals surface area contributed by atoms with E-state index in [0.717, 1.165) is 11.0 Å². The molecule has 3 aromatic heterocycles. The molecular weight excluding hydrogens is 230 g/mol. The van der Waals surface area contributed by atoms with Gasteiger partial charge in [-0.05, 0) is 18.2 Å². The molecule has 2 N–H and O–H groups in total. The van der Waals surface area contributed by atoms with Crippen molar-refractivity contribution in [3.63, 3.8) is 0 Å².